The Labute approximate surface area is 139 Å². The number of nitrogens with one attached hydrogen (secondary N) is 1. The van der Waals surface area contributed by atoms with Gasteiger partial charge in [-0.05, 0) is 48.6 Å². The smallest absolute Gasteiger partial charge is 0.257 e. The van der Waals surface area contributed by atoms with Gasteiger partial charge in [0.15, 0.2) is 0 Å². The number of fused-ring (bicyclic) bond motifs is 1. The summed E-state index contributed by atoms with van der Waals surface area (Å²) in [6.45, 7) is 1.38. The number of phenols is 1. The largest absolute Gasteiger partial charge is 0.507 e. The Morgan fingerprint density at radius 2 is 1.96 bits per heavy atom. The maximum atomic E-state index is 12.6. The zero-order valence-electron chi connectivity index (χ0n) is 13.3. The lowest BCUT2D eigenvalue weighted by Gasteiger charge is -2.32. The first kappa shape index (κ1) is 14.8. The number of hydrogen-bond acceptors (Lipinski definition) is 3. The third-order valence-corrected chi connectivity index (χ3v) is 4.82. The average Bonchev–Trinajstić information content (AvgIpc) is 3.06. The van der Waals surface area contributed by atoms with E-state index in [1.807, 2.05) is 29.4 Å². The van der Waals surface area contributed by atoms with E-state index >= 15 is 0 Å². The van der Waals surface area contributed by atoms with E-state index in [4.69, 9.17) is 0 Å². The highest BCUT2D eigenvalue weighted by atomic mass is 16.3. The van der Waals surface area contributed by atoms with Crippen LogP contribution in [0.4, 0.5) is 0 Å². The lowest BCUT2D eigenvalue weighted by atomic mass is 9.90. The summed E-state index contributed by atoms with van der Waals surface area (Å²) < 4.78 is 0. The van der Waals surface area contributed by atoms with Crippen molar-refractivity contribution in [3.05, 3.63) is 59.9 Å². The maximum absolute atomic E-state index is 12.6. The fraction of sp³-hybridized carbons (Fsp3) is 0.263. The van der Waals surface area contributed by atoms with Crippen LogP contribution in [-0.4, -0.2) is 39.0 Å². The van der Waals surface area contributed by atoms with E-state index in [2.05, 4.69) is 9.97 Å². The second-order valence-corrected chi connectivity index (χ2v) is 6.23. The van der Waals surface area contributed by atoms with Crippen molar-refractivity contribution in [3.8, 4) is 5.75 Å². The number of para-hydroxylation sites is 1. The number of likely N-dealkylation sites (tertiary alicyclic amines) is 1. The molecular weight excluding hydrogens is 302 g/mol. The Morgan fingerprint density at radius 3 is 2.75 bits per heavy atom. The molecule has 1 amide bonds. The standard InChI is InChI=1S/C19H19N3O2/c23-17-6-2-1-4-14(17)19(24)22-10-7-13(8-11-22)15-12-21-16-5-3-9-20-18(15)16/h1-6,9,12-13,21,23H,7-8,10-11H2. The molecular formula is C19H19N3O2. The molecule has 0 aliphatic carbocycles. The topological polar surface area (TPSA) is 69.2 Å². The molecule has 0 spiro atoms. The number of nitrogens with zero attached hydrogens (tertiary/aromatic N) is 2. The molecule has 1 aliphatic rings. The summed E-state index contributed by atoms with van der Waals surface area (Å²) in [6.07, 6.45) is 5.67. The second kappa shape index (κ2) is 6.00. The van der Waals surface area contributed by atoms with Crippen LogP contribution in [0.25, 0.3) is 11.0 Å². The second-order valence-electron chi connectivity index (χ2n) is 6.23. The monoisotopic (exact) mass is 321 g/mol. The number of aromatic hydroxyl groups is 1. The van der Waals surface area contributed by atoms with Crippen molar-refractivity contribution in [1.29, 1.82) is 0 Å². The molecule has 0 unspecified atom stereocenters. The van der Waals surface area contributed by atoms with Crippen LogP contribution in [0.15, 0.2) is 48.8 Å². The van der Waals surface area contributed by atoms with Crippen LogP contribution >= 0.6 is 0 Å². The SMILES string of the molecule is O=C(c1ccccc1O)N1CCC(c2c[nH]c3cccnc23)CC1. The van der Waals surface area contributed by atoms with Gasteiger partial charge in [0.05, 0.1) is 16.6 Å². The van der Waals surface area contributed by atoms with Crippen LogP contribution in [0.3, 0.4) is 0 Å². The summed E-state index contributed by atoms with van der Waals surface area (Å²) in [5.74, 6) is 0.358. The first-order chi connectivity index (χ1) is 11.7. The minimum Gasteiger partial charge on any atom is -0.507 e. The predicted octanol–water partition coefficient (Wildman–Crippen LogP) is 3.29. The normalized spacial score (nSPS) is 15.8. The number of carbonyl (C=O) groups is 1. The molecule has 4 rings (SSSR count). The van der Waals surface area contributed by atoms with Gasteiger partial charge in [0.1, 0.15) is 5.75 Å². The van der Waals surface area contributed by atoms with Gasteiger partial charge in [0.2, 0.25) is 0 Å². The average molecular weight is 321 g/mol. The number of aromatic amines is 1. The number of aromatic nitrogens is 2. The van der Waals surface area contributed by atoms with Crippen LogP contribution in [0.1, 0.15) is 34.7 Å². The number of H-pyrrole nitrogens is 1. The van der Waals surface area contributed by atoms with Crippen LogP contribution in [0.2, 0.25) is 0 Å². The first-order valence-corrected chi connectivity index (χ1v) is 8.23. The molecule has 1 fully saturated rings. The quantitative estimate of drug-likeness (QED) is 0.761. The van der Waals surface area contributed by atoms with Gasteiger partial charge >= 0.3 is 0 Å². The summed E-state index contributed by atoms with van der Waals surface area (Å²) in [7, 11) is 0. The molecule has 1 aromatic carbocycles. The third kappa shape index (κ3) is 2.52. The van der Waals surface area contributed by atoms with Crippen molar-refractivity contribution in [3.63, 3.8) is 0 Å². The number of amides is 1. The number of rotatable bonds is 2. The summed E-state index contributed by atoms with van der Waals surface area (Å²) in [5, 5.41) is 9.87. The molecule has 3 heterocycles. The minimum absolute atomic E-state index is 0.0467. The van der Waals surface area contributed by atoms with Gasteiger partial charge in [-0.2, -0.15) is 0 Å². The Hall–Kier alpha value is -2.82. The molecule has 2 aromatic heterocycles. The van der Waals surface area contributed by atoms with Crippen molar-refractivity contribution >= 4 is 16.9 Å². The van der Waals surface area contributed by atoms with E-state index in [0.717, 1.165) is 23.9 Å². The van der Waals surface area contributed by atoms with Gasteiger partial charge < -0.3 is 15.0 Å². The van der Waals surface area contributed by atoms with Gasteiger partial charge in [0, 0.05) is 25.5 Å². The molecule has 1 saturated heterocycles. The molecule has 122 valence electrons. The summed E-state index contributed by atoms with van der Waals surface area (Å²) >= 11 is 0. The summed E-state index contributed by atoms with van der Waals surface area (Å²) in [6, 6.07) is 10.7. The van der Waals surface area contributed by atoms with E-state index in [1.165, 1.54) is 5.56 Å². The number of hydrogen-bond donors (Lipinski definition) is 2. The van der Waals surface area contributed by atoms with E-state index in [0.29, 0.717) is 24.6 Å². The summed E-state index contributed by atoms with van der Waals surface area (Å²) in [5.41, 5.74) is 3.70. The van der Waals surface area contributed by atoms with E-state index in [-0.39, 0.29) is 11.7 Å². The van der Waals surface area contributed by atoms with E-state index < -0.39 is 0 Å². The molecule has 0 saturated carbocycles. The van der Waals surface area contributed by atoms with Crippen LogP contribution < -0.4 is 0 Å². The molecule has 0 radical (unpaired) electrons. The minimum atomic E-state index is -0.0939. The van der Waals surface area contributed by atoms with Crippen molar-refractivity contribution in [2.75, 3.05) is 13.1 Å². The molecule has 0 bridgehead atoms. The first-order valence-electron chi connectivity index (χ1n) is 8.23. The van der Waals surface area contributed by atoms with E-state index in [1.54, 1.807) is 24.3 Å². The lowest BCUT2D eigenvalue weighted by Crippen LogP contribution is -2.37. The lowest BCUT2D eigenvalue weighted by molar-refractivity contribution is 0.0710. The van der Waals surface area contributed by atoms with Gasteiger partial charge in [-0.3, -0.25) is 9.78 Å². The van der Waals surface area contributed by atoms with E-state index in [9.17, 15) is 9.90 Å². The van der Waals surface area contributed by atoms with Crippen LogP contribution in [-0.2, 0) is 0 Å². The highest BCUT2D eigenvalue weighted by Crippen LogP contribution is 2.33. The highest BCUT2D eigenvalue weighted by Gasteiger charge is 2.27. The predicted molar refractivity (Wildman–Crippen MR) is 92.1 cm³/mol. The molecule has 3 aromatic rings. The number of carbonyl (C=O) groups excluding carboxylic acids is 1. The van der Waals surface area contributed by atoms with Gasteiger partial charge in [-0.25, -0.2) is 0 Å². The fourth-order valence-corrected chi connectivity index (χ4v) is 3.51. The number of piperidine rings is 1. The summed E-state index contributed by atoms with van der Waals surface area (Å²) in [4.78, 5) is 22.2. The Morgan fingerprint density at radius 1 is 1.17 bits per heavy atom. The highest BCUT2D eigenvalue weighted by molar-refractivity contribution is 5.96. The molecule has 2 N–H and O–H groups in total. The number of phenolic OH excluding ortho intramolecular Hbond substituents is 1. The zero-order valence-corrected chi connectivity index (χ0v) is 13.3. The Bertz CT molecular complexity index is 879. The Kier molecular flexibility index (Phi) is 3.69. The van der Waals surface area contributed by atoms with Gasteiger partial charge in [-0.15, -0.1) is 0 Å². The molecule has 5 heteroatoms. The molecule has 0 atom stereocenters. The maximum Gasteiger partial charge on any atom is 0.257 e. The number of pyridine rings is 1. The Balaban J connectivity index is 1.49. The molecule has 24 heavy (non-hydrogen) atoms. The number of benzene rings is 1. The van der Waals surface area contributed by atoms with Crippen molar-refractivity contribution < 1.29 is 9.90 Å². The molecule has 1 aliphatic heterocycles. The van der Waals surface area contributed by atoms with Crippen LogP contribution in [0, 0.1) is 0 Å². The van der Waals surface area contributed by atoms with Crippen molar-refractivity contribution in [2.24, 2.45) is 0 Å². The zero-order chi connectivity index (χ0) is 16.5. The van der Waals surface area contributed by atoms with Gasteiger partial charge in [0.25, 0.3) is 5.91 Å². The van der Waals surface area contributed by atoms with Crippen molar-refractivity contribution in [1.82, 2.24) is 14.9 Å². The van der Waals surface area contributed by atoms with Gasteiger partial charge in [-0.1, -0.05) is 12.1 Å². The fourth-order valence-electron chi connectivity index (χ4n) is 3.51. The third-order valence-electron chi connectivity index (χ3n) is 4.82. The van der Waals surface area contributed by atoms with Crippen molar-refractivity contribution in [2.45, 2.75) is 18.8 Å². The van der Waals surface area contributed by atoms with Crippen LogP contribution in [0.5, 0.6) is 5.75 Å². The molecule has 5 nitrogen and oxygen atoms in total.